The fraction of sp³-hybridized carbons (Fsp3) is 0.381. The molecule has 0 aliphatic carbocycles. The van der Waals surface area contributed by atoms with Crippen molar-refractivity contribution in [3.8, 4) is 5.75 Å². The number of halogens is 1. The summed E-state index contributed by atoms with van der Waals surface area (Å²) >= 11 is 6.18. The van der Waals surface area contributed by atoms with Crippen molar-refractivity contribution in [2.45, 2.75) is 19.5 Å². The number of nitrogens with one attached hydrogen (secondary N) is 2. The van der Waals surface area contributed by atoms with Gasteiger partial charge in [-0.05, 0) is 49.8 Å². The maximum atomic E-state index is 6.18. The van der Waals surface area contributed by atoms with Crippen LogP contribution in [0.3, 0.4) is 0 Å². The van der Waals surface area contributed by atoms with Crippen LogP contribution in [0.2, 0.25) is 5.02 Å². The van der Waals surface area contributed by atoms with Gasteiger partial charge in [-0.3, -0.25) is 4.99 Å². The Balaban J connectivity index is 1.75. The molecule has 0 bridgehead atoms. The van der Waals surface area contributed by atoms with Gasteiger partial charge in [-0.2, -0.15) is 0 Å². The van der Waals surface area contributed by atoms with Crippen LogP contribution in [0.5, 0.6) is 5.75 Å². The summed E-state index contributed by atoms with van der Waals surface area (Å²) in [7, 11) is 5.89. The highest BCUT2D eigenvalue weighted by atomic mass is 35.5. The van der Waals surface area contributed by atoms with Gasteiger partial charge < -0.3 is 20.3 Å². The first-order valence-corrected chi connectivity index (χ1v) is 9.50. The van der Waals surface area contributed by atoms with E-state index in [9.17, 15) is 0 Å². The maximum absolute atomic E-state index is 6.18. The number of aliphatic imine (C=N–C) groups is 1. The summed E-state index contributed by atoms with van der Waals surface area (Å²) in [5, 5.41) is 7.34. The monoisotopic (exact) mass is 388 g/mol. The average molecular weight is 389 g/mol. The number of nitrogens with zero attached hydrogens (tertiary/aromatic N) is 2. The highest BCUT2D eigenvalue weighted by Gasteiger charge is 2.02. The first-order chi connectivity index (χ1) is 13.1. The molecular weight excluding hydrogens is 360 g/mol. The Morgan fingerprint density at radius 1 is 1.04 bits per heavy atom. The Kier molecular flexibility index (Phi) is 8.95. The molecule has 27 heavy (non-hydrogen) atoms. The van der Waals surface area contributed by atoms with Crippen molar-refractivity contribution >= 4 is 17.6 Å². The predicted octanol–water partition coefficient (Wildman–Crippen LogP) is 3.54. The number of hydrogen-bond acceptors (Lipinski definition) is 3. The normalized spacial score (nSPS) is 11.5. The second-order valence-electron chi connectivity index (χ2n) is 6.52. The van der Waals surface area contributed by atoms with Crippen molar-refractivity contribution in [2.24, 2.45) is 4.99 Å². The van der Waals surface area contributed by atoms with Crippen LogP contribution >= 0.6 is 11.6 Å². The molecule has 0 amide bonds. The summed E-state index contributed by atoms with van der Waals surface area (Å²) in [5.41, 5.74) is 2.20. The molecule has 0 spiro atoms. The highest BCUT2D eigenvalue weighted by molar-refractivity contribution is 6.31. The van der Waals surface area contributed by atoms with Gasteiger partial charge in [0.1, 0.15) is 5.75 Å². The van der Waals surface area contributed by atoms with Crippen LogP contribution in [-0.2, 0) is 13.1 Å². The first kappa shape index (κ1) is 21.1. The van der Waals surface area contributed by atoms with Crippen LogP contribution in [-0.4, -0.2) is 45.2 Å². The highest BCUT2D eigenvalue weighted by Crippen LogP contribution is 2.14. The van der Waals surface area contributed by atoms with E-state index in [1.807, 2.05) is 36.4 Å². The van der Waals surface area contributed by atoms with Crippen LogP contribution in [0.1, 0.15) is 17.5 Å². The first-order valence-electron chi connectivity index (χ1n) is 9.13. The minimum atomic E-state index is 0.624. The van der Waals surface area contributed by atoms with Crippen LogP contribution in [0, 0.1) is 0 Å². The third kappa shape index (κ3) is 7.89. The van der Waals surface area contributed by atoms with E-state index in [1.54, 1.807) is 7.05 Å². The van der Waals surface area contributed by atoms with Crippen molar-refractivity contribution in [3.05, 3.63) is 64.7 Å². The van der Waals surface area contributed by atoms with E-state index in [1.165, 1.54) is 0 Å². The van der Waals surface area contributed by atoms with Crippen molar-refractivity contribution < 1.29 is 4.74 Å². The van der Waals surface area contributed by atoms with Crippen LogP contribution in [0.15, 0.2) is 53.5 Å². The van der Waals surface area contributed by atoms with Gasteiger partial charge in [0.15, 0.2) is 5.96 Å². The number of hydrogen-bond donors (Lipinski definition) is 2. The Labute approximate surface area is 167 Å². The van der Waals surface area contributed by atoms with Crippen LogP contribution < -0.4 is 15.4 Å². The van der Waals surface area contributed by atoms with E-state index in [-0.39, 0.29) is 0 Å². The molecule has 2 aromatic carbocycles. The molecule has 2 N–H and O–H groups in total. The molecule has 0 atom stereocenters. The summed E-state index contributed by atoms with van der Waals surface area (Å²) in [4.78, 5) is 6.41. The molecule has 2 aromatic rings. The Morgan fingerprint density at radius 2 is 1.74 bits per heavy atom. The topological polar surface area (TPSA) is 48.9 Å². The van der Waals surface area contributed by atoms with Gasteiger partial charge in [0, 0.05) is 31.7 Å². The minimum absolute atomic E-state index is 0.624. The smallest absolute Gasteiger partial charge is 0.191 e. The molecular formula is C21H29ClN4O. The lowest BCUT2D eigenvalue weighted by Gasteiger charge is -2.13. The summed E-state index contributed by atoms with van der Waals surface area (Å²) in [6, 6.07) is 15.9. The maximum Gasteiger partial charge on any atom is 0.191 e. The molecule has 0 saturated carbocycles. The molecule has 0 radical (unpaired) electrons. The van der Waals surface area contributed by atoms with Gasteiger partial charge in [0.05, 0.1) is 6.61 Å². The Morgan fingerprint density at radius 3 is 2.41 bits per heavy atom. The fourth-order valence-electron chi connectivity index (χ4n) is 2.50. The van der Waals surface area contributed by atoms with E-state index in [0.29, 0.717) is 13.1 Å². The van der Waals surface area contributed by atoms with Crippen molar-refractivity contribution in [1.29, 1.82) is 0 Å². The van der Waals surface area contributed by atoms with E-state index in [2.05, 4.69) is 46.8 Å². The summed E-state index contributed by atoms with van der Waals surface area (Å²) in [5.74, 6) is 1.64. The third-order valence-corrected chi connectivity index (χ3v) is 4.40. The zero-order valence-electron chi connectivity index (χ0n) is 16.3. The van der Waals surface area contributed by atoms with Gasteiger partial charge in [-0.1, -0.05) is 41.9 Å². The predicted molar refractivity (Wildman–Crippen MR) is 114 cm³/mol. The lowest BCUT2D eigenvalue weighted by atomic mass is 10.2. The SMILES string of the molecule is CN=C(NCc1ccc(OCCCN(C)C)cc1)NCc1ccccc1Cl. The van der Waals surface area contributed by atoms with Gasteiger partial charge in [0.2, 0.25) is 0 Å². The lowest BCUT2D eigenvalue weighted by molar-refractivity contribution is 0.281. The molecule has 0 unspecified atom stereocenters. The molecule has 5 nitrogen and oxygen atoms in total. The second-order valence-corrected chi connectivity index (χ2v) is 6.93. The summed E-state index contributed by atoms with van der Waals surface area (Å²) in [6.07, 6.45) is 1.02. The lowest BCUT2D eigenvalue weighted by Crippen LogP contribution is -2.36. The Bertz CT molecular complexity index is 716. The summed E-state index contributed by atoms with van der Waals surface area (Å²) < 4.78 is 5.76. The van der Waals surface area contributed by atoms with Crippen molar-refractivity contribution in [2.75, 3.05) is 34.3 Å². The molecule has 0 aromatic heterocycles. The number of guanidine groups is 1. The van der Waals surface area contributed by atoms with E-state index < -0.39 is 0 Å². The van der Waals surface area contributed by atoms with Crippen LogP contribution in [0.4, 0.5) is 0 Å². The third-order valence-electron chi connectivity index (χ3n) is 4.03. The van der Waals surface area contributed by atoms with Crippen LogP contribution in [0.25, 0.3) is 0 Å². The number of benzene rings is 2. The van der Waals surface area contributed by atoms with E-state index >= 15 is 0 Å². The average Bonchev–Trinajstić information content (AvgIpc) is 2.67. The molecule has 0 aliphatic heterocycles. The van der Waals surface area contributed by atoms with Gasteiger partial charge in [-0.15, -0.1) is 0 Å². The molecule has 146 valence electrons. The molecule has 0 heterocycles. The molecule has 0 aliphatic rings. The minimum Gasteiger partial charge on any atom is -0.494 e. The largest absolute Gasteiger partial charge is 0.494 e. The number of rotatable bonds is 9. The van der Waals surface area contributed by atoms with Crippen molar-refractivity contribution in [3.63, 3.8) is 0 Å². The van der Waals surface area contributed by atoms with E-state index in [0.717, 1.165) is 47.4 Å². The van der Waals surface area contributed by atoms with Gasteiger partial charge >= 0.3 is 0 Å². The van der Waals surface area contributed by atoms with Gasteiger partial charge in [-0.25, -0.2) is 0 Å². The molecule has 2 rings (SSSR count). The quantitative estimate of drug-likeness (QED) is 0.392. The molecule has 0 fully saturated rings. The summed E-state index contributed by atoms with van der Waals surface area (Å²) in [6.45, 7) is 3.07. The van der Waals surface area contributed by atoms with Gasteiger partial charge in [0.25, 0.3) is 0 Å². The molecule has 6 heteroatoms. The zero-order valence-corrected chi connectivity index (χ0v) is 17.1. The Hall–Kier alpha value is -2.24. The van der Waals surface area contributed by atoms with Crippen molar-refractivity contribution in [1.82, 2.24) is 15.5 Å². The number of ether oxygens (including phenoxy) is 1. The molecule has 0 saturated heterocycles. The zero-order chi connectivity index (χ0) is 19.5. The van der Waals surface area contributed by atoms with E-state index in [4.69, 9.17) is 16.3 Å². The standard InChI is InChI=1S/C21H29ClN4O/c1-23-21(25-16-18-7-4-5-8-20(18)22)24-15-17-9-11-19(12-10-17)27-14-6-13-26(2)3/h4-5,7-12H,6,13-16H2,1-3H3,(H2,23,24,25). The second kappa shape index (κ2) is 11.5. The fourth-order valence-corrected chi connectivity index (χ4v) is 2.70.